The summed E-state index contributed by atoms with van der Waals surface area (Å²) in [5, 5.41) is 0. The van der Waals surface area contributed by atoms with Gasteiger partial charge in [-0.25, -0.2) is 8.42 Å². The van der Waals surface area contributed by atoms with Crippen molar-refractivity contribution in [1.29, 1.82) is 0 Å². The van der Waals surface area contributed by atoms with Crippen molar-refractivity contribution in [1.82, 2.24) is 8.54 Å². The van der Waals surface area contributed by atoms with Crippen molar-refractivity contribution in [3.63, 3.8) is 0 Å². The number of sulfonamides is 1. The number of hydrogen-bond donors (Lipinski definition) is 0. The summed E-state index contributed by atoms with van der Waals surface area (Å²) in [6.45, 7) is 0. The van der Waals surface area contributed by atoms with Crippen LogP contribution in [0.3, 0.4) is 0 Å². The van der Waals surface area contributed by atoms with Crippen LogP contribution < -0.4 is 5.62 Å². The van der Waals surface area contributed by atoms with Crippen molar-refractivity contribution in [3.05, 3.63) is 90.5 Å². The number of imidazole rings is 1. The molecule has 148 valence electrons. The molecule has 0 aliphatic heterocycles. The maximum atomic E-state index is 13.4. The zero-order chi connectivity index (χ0) is 20.6. The minimum absolute atomic E-state index is 0.0195. The third-order valence-corrected chi connectivity index (χ3v) is 7.45. The summed E-state index contributed by atoms with van der Waals surface area (Å²) in [4.78, 5) is 0.0174. The Morgan fingerprint density at radius 1 is 0.655 bits per heavy atom. The number of para-hydroxylation sites is 2. The van der Waals surface area contributed by atoms with Crippen LogP contribution in [-0.4, -0.2) is 25.4 Å². The van der Waals surface area contributed by atoms with Gasteiger partial charge in [0, 0.05) is 7.05 Å². The molecule has 0 aliphatic carbocycles. The van der Waals surface area contributed by atoms with Gasteiger partial charge in [0.15, 0.2) is 0 Å². The van der Waals surface area contributed by atoms with E-state index < -0.39 is 20.0 Å². The molecule has 0 fully saturated rings. The second kappa shape index (κ2) is 7.02. The van der Waals surface area contributed by atoms with E-state index in [1.165, 1.54) is 28.8 Å². The van der Waals surface area contributed by atoms with Crippen LogP contribution in [0.25, 0.3) is 11.0 Å². The molecule has 0 unspecified atom stereocenters. The number of aryl methyl sites for hydroxylation is 1. The summed E-state index contributed by atoms with van der Waals surface area (Å²) in [6, 6.07) is 22.3. The number of fused-ring (bicyclic) bond motifs is 1. The third-order valence-electron chi connectivity index (χ3n) is 4.47. The van der Waals surface area contributed by atoms with Crippen molar-refractivity contribution in [2.75, 3.05) is 0 Å². The second-order valence-electron chi connectivity index (χ2n) is 6.31. The molecule has 3 aromatic carbocycles. The Bertz CT molecular complexity index is 1470. The molecule has 29 heavy (non-hydrogen) atoms. The first-order valence-corrected chi connectivity index (χ1v) is 11.5. The van der Waals surface area contributed by atoms with Gasteiger partial charge in [-0.3, -0.25) is 0 Å². The first-order chi connectivity index (χ1) is 13.8. The highest BCUT2D eigenvalue weighted by Crippen LogP contribution is 2.20. The van der Waals surface area contributed by atoms with Crippen molar-refractivity contribution in [2.24, 2.45) is 11.4 Å². The Hall–Kier alpha value is -3.17. The highest BCUT2D eigenvalue weighted by atomic mass is 32.2. The van der Waals surface area contributed by atoms with E-state index in [4.69, 9.17) is 0 Å². The molecular formula is C20H17N3O4S2. The van der Waals surface area contributed by atoms with Gasteiger partial charge in [0.05, 0.1) is 20.8 Å². The molecule has 0 saturated carbocycles. The molecule has 0 bridgehead atoms. The monoisotopic (exact) mass is 427 g/mol. The molecule has 9 heteroatoms. The first-order valence-electron chi connectivity index (χ1n) is 8.65. The van der Waals surface area contributed by atoms with Crippen LogP contribution in [0, 0.1) is 0 Å². The van der Waals surface area contributed by atoms with Crippen LogP contribution in [0.1, 0.15) is 0 Å². The van der Waals surface area contributed by atoms with Gasteiger partial charge in [-0.15, -0.1) is 4.40 Å². The lowest BCUT2D eigenvalue weighted by atomic mass is 10.3. The van der Waals surface area contributed by atoms with Gasteiger partial charge in [0.25, 0.3) is 20.0 Å². The second-order valence-corrected chi connectivity index (χ2v) is 9.70. The lowest BCUT2D eigenvalue weighted by Gasteiger charge is -2.07. The minimum Gasteiger partial charge on any atom is -0.312 e. The molecular weight excluding hydrogens is 410 g/mol. The Morgan fingerprint density at radius 3 is 1.72 bits per heavy atom. The third kappa shape index (κ3) is 3.28. The summed E-state index contributed by atoms with van der Waals surface area (Å²) in [5.41, 5.74) is 0.661. The van der Waals surface area contributed by atoms with E-state index in [1.54, 1.807) is 67.7 Å². The molecule has 0 spiro atoms. The van der Waals surface area contributed by atoms with Crippen LogP contribution in [0.2, 0.25) is 0 Å². The highest BCUT2D eigenvalue weighted by molar-refractivity contribution is 7.90. The first kappa shape index (κ1) is 19.2. The summed E-state index contributed by atoms with van der Waals surface area (Å²) in [5.74, 6) is 0. The molecule has 0 atom stereocenters. The Labute approximate surface area is 168 Å². The Kier molecular flexibility index (Phi) is 4.64. The van der Waals surface area contributed by atoms with Crippen LogP contribution in [0.4, 0.5) is 0 Å². The van der Waals surface area contributed by atoms with Crippen molar-refractivity contribution in [3.8, 4) is 0 Å². The summed E-state index contributed by atoms with van der Waals surface area (Å²) < 4.78 is 58.8. The minimum atomic E-state index is -4.13. The quantitative estimate of drug-likeness (QED) is 0.500. The van der Waals surface area contributed by atoms with E-state index in [0.29, 0.717) is 11.0 Å². The molecule has 0 aliphatic rings. The number of aromatic nitrogens is 2. The van der Waals surface area contributed by atoms with E-state index in [2.05, 4.69) is 4.40 Å². The van der Waals surface area contributed by atoms with Crippen LogP contribution in [0.5, 0.6) is 0 Å². The maximum absolute atomic E-state index is 13.4. The predicted octanol–water partition coefficient (Wildman–Crippen LogP) is 2.51. The maximum Gasteiger partial charge on any atom is 0.285 e. The lowest BCUT2D eigenvalue weighted by molar-refractivity contribution is 0.583. The van der Waals surface area contributed by atoms with Gasteiger partial charge in [-0.2, -0.15) is 12.4 Å². The average molecular weight is 428 g/mol. The highest BCUT2D eigenvalue weighted by Gasteiger charge is 2.24. The van der Waals surface area contributed by atoms with E-state index in [-0.39, 0.29) is 15.4 Å². The molecule has 0 N–H and O–H groups in total. The largest absolute Gasteiger partial charge is 0.312 e. The van der Waals surface area contributed by atoms with Gasteiger partial charge in [-0.1, -0.05) is 48.5 Å². The molecule has 1 aromatic heterocycles. The van der Waals surface area contributed by atoms with Crippen molar-refractivity contribution in [2.45, 2.75) is 9.79 Å². The lowest BCUT2D eigenvalue weighted by Crippen LogP contribution is -2.31. The molecule has 7 nitrogen and oxygen atoms in total. The van der Waals surface area contributed by atoms with Gasteiger partial charge >= 0.3 is 0 Å². The standard InChI is InChI=1S/C20H17N3O4S2/c1-22-18-14-8-9-15-19(18)23(29(26,27)17-12-6-3-7-13-17)20(22)21-28(24,25)16-10-4-2-5-11-16/h2-15H,1H3/b21-20+. The number of rotatable bonds is 4. The fraction of sp³-hybridized carbons (Fsp3) is 0.0500. The molecule has 4 rings (SSSR count). The van der Waals surface area contributed by atoms with E-state index in [0.717, 1.165) is 3.97 Å². The summed E-state index contributed by atoms with van der Waals surface area (Å²) >= 11 is 0. The van der Waals surface area contributed by atoms with Gasteiger partial charge in [-0.05, 0) is 36.4 Å². The molecule has 0 radical (unpaired) electrons. The fourth-order valence-corrected chi connectivity index (χ4v) is 5.64. The van der Waals surface area contributed by atoms with Gasteiger partial charge in [0.1, 0.15) is 0 Å². The van der Waals surface area contributed by atoms with Crippen LogP contribution in [-0.2, 0) is 27.1 Å². The van der Waals surface area contributed by atoms with E-state index in [9.17, 15) is 16.8 Å². The van der Waals surface area contributed by atoms with Gasteiger partial charge < -0.3 is 4.57 Å². The number of benzene rings is 3. The average Bonchev–Trinajstić information content (AvgIpc) is 3.01. The zero-order valence-electron chi connectivity index (χ0n) is 15.4. The fourth-order valence-electron chi connectivity index (χ4n) is 3.06. The topological polar surface area (TPSA) is 90.5 Å². The van der Waals surface area contributed by atoms with Crippen LogP contribution >= 0.6 is 0 Å². The molecule has 1 heterocycles. The molecule has 0 amide bonds. The molecule has 0 saturated heterocycles. The van der Waals surface area contributed by atoms with E-state index >= 15 is 0 Å². The Morgan fingerprint density at radius 2 is 1.14 bits per heavy atom. The number of nitrogens with zero attached hydrogens (tertiary/aromatic N) is 3. The summed E-state index contributed by atoms with van der Waals surface area (Å²) in [7, 11) is -6.64. The smallest absolute Gasteiger partial charge is 0.285 e. The number of hydrogen-bond acceptors (Lipinski definition) is 4. The van der Waals surface area contributed by atoms with Gasteiger partial charge in [0.2, 0.25) is 5.62 Å². The molecule has 4 aromatic rings. The SMILES string of the molecule is Cn1/c(=N\S(=O)(=O)c2ccccc2)n(S(=O)(=O)c2ccccc2)c2ccccc21. The van der Waals surface area contributed by atoms with Crippen molar-refractivity contribution >= 4 is 31.1 Å². The summed E-state index contributed by atoms with van der Waals surface area (Å²) in [6.07, 6.45) is 0. The zero-order valence-corrected chi connectivity index (χ0v) is 17.0. The van der Waals surface area contributed by atoms with E-state index in [1.807, 2.05) is 0 Å². The predicted molar refractivity (Wildman–Crippen MR) is 109 cm³/mol. The Balaban J connectivity index is 2.12. The normalized spacial score (nSPS) is 13.1. The van der Waals surface area contributed by atoms with Crippen LogP contribution in [0.15, 0.2) is 99.1 Å². The van der Waals surface area contributed by atoms with Crippen molar-refractivity contribution < 1.29 is 16.8 Å².